The lowest BCUT2D eigenvalue weighted by atomic mass is 10.2. The van der Waals surface area contributed by atoms with Crippen molar-refractivity contribution >= 4 is 17.7 Å². The summed E-state index contributed by atoms with van der Waals surface area (Å²) in [5.41, 5.74) is 0. The van der Waals surface area contributed by atoms with E-state index in [-0.39, 0.29) is 0 Å². The summed E-state index contributed by atoms with van der Waals surface area (Å²) in [6.07, 6.45) is 2.70. The first-order valence-corrected chi connectivity index (χ1v) is 6.55. The highest BCUT2D eigenvalue weighted by molar-refractivity contribution is 8.00. The Morgan fingerprint density at radius 2 is 2.07 bits per heavy atom. The molecule has 0 radical (unpaired) electrons. The summed E-state index contributed by atoms with van der Waals surface area (Å²) in [6, 6.07) is 0. The van der Waals surface area contributed by atoms with Gasteiger partial charge in [-0.05, 0) is 32.4 Å². The van der Waals surface area contributed by atoms with E-state index in [0.717, 1.165) is 30.8 Å². The third kappa shape index (κ3) is 4.22. The summed E-state index contributed by atoms with van der Waals surface area (Å²) in [4.78, 5) is 4.56. The second kappa shape index (κ2) is 6.98. The van der Waals surface area contributed by atoms with Gasteiger partial charge in [0.1, 0.15) is 0 Å². The molecule has 3 nitrogen and oxygen atoms in total. The van der Waals surface area contributed by atoms with Gasteiger partial charge in [0, 0.05) is 18.3 Å². The van der Waals surface area contributed by atoms with Gasteiger partial charge in [0.25, 0.3) is 0 Å². The van der Waals surface area contributed by atoms with E-state index in [0.29, 0.717) is 0 Å². The van der Waals surface area contributed by atoms with E-state index in [1.165, 1.54) is 18.6 Å². The minimum atomic E-state index is 0.752. The molecule has 14 heavy (non-hydrogen) atoms. The molecule has 0 aromatic rings. The fraction of sp³-hybridized carbons (Fsp3) is 0.900. The van der Waals surface area contributed by atoms with Gasteiger partial charge in [0.2, 0.25) is 0 Å². The quantitative estimate of drug-likeness (QED) is 0.550. The van der Waals surface area contributed by atoms with E-state index in [9.17, 15) is 0 Å². The summed E-state index contributed by atoms with van der Waals surface area (Å²) < 4.78 is 0. The topological polar surface area (TPSA) is 36.4 Å². The van der Waals surface area contributed by atoms with E-state index in [1.54, 1.807) is 0 Å². The van der Waals surface area contributed by atoms with Crippen LogP contribution in [0.4, 0.5) is 0 Å². The number of rotatable bonds is 4. The molecule has 1 aliphatic rings. The standard InChI is InChI=1S/C10H21N3S/c1-3-11-10(12-4-2)13-8-9-6-5-7-14-9/h9H,3-8H2,1-2H3,(H2,11,12,13)/t9-/m0/s1. The number of aliphatic imine (C=N–C) groups is 1. The van der Waals surface area contributed by atoms with E-state index in [1.807, 2.05) is 0 Å². The van der Waals surface area contributed by atoms with Crippen molar-refractivity contribution in [3.05, 3.63) is 0 Å². The van der Waals surface area contributed by atoms with Gasteiger partial charge in [0.05, 0.1) is 6.54 Å². The monoisotopic (exact) mass is 215 g/mol. The Bertz CT molecular complexity index is 168. The number of nitrogens with one attached hydrogen (secondary N) is 2. The SMILES string of the molecule is CCNC(=NC[C@@H]1CCCS1)NCC. The van der Waals surface area contributed by atoms with Crippen LogP contribution in [0, 0.1) is 0 Å². The van der Waals surface area contributed by atoms with Gasteiger partial charge in [-0.15, -0.1) is 0 Å². The Labute approximate surface area is 91.1 Å². The minimum Gasteiger partial charge on any atom is -0.357 e. The predicted molar refractivity (Wildman–Crippen MR) is 65.1 cm³/mol. The second-order valence-electron chi connectivity index (χ2n) is 3.38. The second-order valence-corrected chi connectivity index (χ2v) is 4.79. The van der Waals surface area contributed by atoms with Crippen LogP contribution in [-0.2, 0) is 0 Å². The van der Waals surface area contributed by atoms with E-state index in [2.05, 4.69) is 41.2 Å². The molecule has 1 fully saturated rings. The van der Waals surface area contributed by atoms with Crippen LogP contribution < -0.4 is 10.6 Å². The maximum atomic E-state index is 4.56. The lowest BCUT2D eigenvalue weighted by molar-refractivity contribution is 0.769. The molecule has 1 saturated heterocycles. The van der Waals surface area contributed by atoms with Crippen LogP contribution in [-0.4, -0.2) is 36.6 Å². The largest absolute Gasteiger partial charge is 0.357 e. The molecule has 1 atom stereocenters. The van der Waals surface area contributed by atoms with Gasteiger partial charge in [-0.25, -0.2) is 0 Å². The Morgan fingerprint density at radius 3 is 2.57 bits per heavy atom. The fourth-order valence-electron chi connectivity index (χ4n) is 1.49. The average molecular weight is 215 g/mol. The highest BCUT2D eigenvalue weighted by atomic mass is 32.2. The molecule has 1 rings (SSSR count). The van der Waals surface area contributed by atoms with Crippen LogP contribution in [0.2, 0.25) is 0 Å². The molecule has 82 valence electrons. The summed E-state index contributed by atoms with van der Waals surface area (Å²) >= 11 is 2.06. The van der Waals surface area contributed by atoms with Gasteiger partial charge in [-0.2, -0.15) is 11.8 Å². The Balaban J connectivity index is 2.28. The third-order valence-electron chi connectivity index (χ3n) is 2.17. The van der Waals surface area contributed by atoms with Crippen LogP contribution in [0.3, 0.4) is 0 Å². The van der Waals surface area contributed by atoms with E-state index in [4.69, 9.17) is 0 Å². The van der Waals surface area contributed by atoms with Crippen molar-refractivity contribution in [3.63, 3.8) is 0 Å². The first kappa shape index (κ1) is 11.7. The molecule has 0 saturated carbocycles. The van der Waals surface area contributed by atoms with Crippen LogP contribution in [0.5, 0.6) is 0 Å². The average Bonchev–Trinajstić information content (AvgIpc) is 2.67. The molecule has 0 bridgehead atoms. The number of hydrogen-bond donors (Lipinski definition) is 2. The smallest absolute Gasteiger partial charge is 0.191 e. The highest BCUT2D eigenvalue weighted by Crippen LogP contribution is 2.25. The first-order valence-electron chi connectivity index (χ1n) is 5.50. The van der Waals surface area contributed by atoms with Gasteiger partial charge in [0.15, 0.2) is 5.96 Å². The molecule has 0 aromatic heterocycles. The number of hydrogen-bond acceptors (Lipinski definition) is 2. The summed E-state index contributed by atoms with van der Waals surface area (Å²) in [5.74, 6) is 2.28. The van der Waals surface area contributed by atoms with Crippen molar-refractivity contribution in [2.24, 2.45) is 4.99 Å². The minimum absolute atomic E-state index is 0.752. The predicted octanol–water partition coefficient (Wildman–Crippen LogP) is 1.46. The maximum absolute atomic E-state index is 4.56. The molecule has 0 unspecified atom stereocenters. The zero-order valence-electron chi connectivity index (χ0n) is 9.18. The van der Waals surface area contributed by atoms with Crippen LogP contribution >= 0.6 is 11.8 Å². The van der Waals surface area contributed by atoms with Crippen molar-refractivity contribution in [1.29, 1.82) is 0 Å². The molecule has 4 heteroatoms. The van der Waals surface area contributed by atoms with Gasteiger partial charge < -0.3 is 10.6 Å². The lowest BCUT2D eigenvalue weighted by Crippen LogP contribution is -2.37. The zero-order valence-corrected chi connectivity index (χ0v) is 9.99. The maximum Gasteiger partial charge on any atom is 0.191 e. The lowest BCUT2D eigenvalue weighted by Gasteiger charge is -2.10. The van der Waals surface area contributed by atoms with Crippen molar-refractivity contribution in [2.45, 2.75) is 31.9 Å². The van der Waals surface area contributed by atoms with E-state index < -0.39 is 0 Å². The third-order valence-corrected chi connectivity index (χ3v) is 3.55. The summed E-state index contributed by atoms with van der Waals surface area (Å²) in [6.45, 7) is 7.02. The van der Waals surface area contributed by atoms with Crippen molar-refractivity contribution in [1.82, 2.24) is 10.6 Å². The van der Waals surface area contributed by atoms with Crippen molar-refractivity contribution in [2.75, 3.05) is 25.4 Å². The molecule has 0 aliphatic carbocycles. The number of nitrogens with zero attached hydrogens (tertiary/aromatic N) is 1. The Morgan fingerprint density at radius 1 is 1.36 bits per heavy atom. The molecule has 2 N–H and O–H groups in total. The number of thioether (sulfide) groups is 1. The van der Waals surface area contributed by atoms with Crippen molar-refractivity contribution < 1.29 is 0 Å². The van der Waals surface area contributed by atoms with Crippen molar-refractivity contribution in [3.8, 4) is 0 Å². The van der Waals surface area contributed by atoms with Crippen LogP contribution in [0.1, 0.15) is 26.7 Å². The van der Waals surface area contributed by atoms with Crippen LogP contribution in [0.25, 0.3) is 0 Å². The Kier molecular flexibility index (Phi) is 5.83. The highest BCUT2D eigenvalue weighted by Gasteiger charge is 2.14. The molecule has 0 amide bonds. The molecular formula is C10H21N3S. The van der Waals surface area contributed by atoms with Crippen LogP contribution in [0.15, 0.2) is 4.99 Å². The molecular weight excluding hydrogens is 194 g/mol. The summed E-state index contributed by atoms with van der Waals surface area (Å²) in [5, 5.41) is 7.23. The van der Waals surface area contributed by atoms with E-state index >= 15 is 0 Å². The van der Waals surface area contributed by atoms with Gasteiger partial charge in [-0.3, -0.25) is 4.99 Å². The molecule has 1 heterocycles. The number of guanidine groups is 1. The molecule has 1 aliphatic heterocycles. The molecule has 0 aromatic carbocycles. The molecule has 0 spiro atoms. The van der Waals surface area contributed by atoms with Gasteiger partial charge >= 0.3 is 0 Å². The zero-order chi connectivity index (χ0) is 10.2. The Hall–Kier alpha value is -0.380. The first-order chi connectivity index (χ1) is 6.86. The summed E-state index contributed by atoms with van der Waals surface area (Å²) in [7, 11) is 0. The van der Waals surface area contributed by atoms with Gasteiger partial charge in [-0.1, -0.05) is 0 Å². The normalized spacial score (nSPS) is 20.6. The fourth-order valence-corrected chi connectivity index (χ4v) is 2.67.